The van der Waals surface area contributed by atoms with Crippen LogP contribution in [0.15, 0.2) is 24.3 Å². The Kier molecular flexibility index (Phi) is 3.64. The van der Waals surface area contributed by atoms with E-state index < -0.39 is 10.8 Å². The van der Waals surface area contributed by atoms with Gasteiger partial charge in [0.15, 0.2) is 0 Å². The predicted molar refractivity (Wildman–Crippen MR) is 70.0 cm³/mol. The predicted octanol–water partition coefficient (Wildman–Crippen LogP) is 2.78. The highest BCUT2D eigenvalue weighted by atomic mass is 32.2. The second-order valence-corrected chi connectivity index (χ2v) is 6.12. The molecule has 2 nitrogen and oxygen atoms in total. The molecule has 16 heavy (non-hydrogen) atoms. The van der Waals surface area contributed by atoms with Gasteiger partial charge in [-0.25, -0.2) is 0 Å². The Morgan fingerprint density at radius 2 is 2.25 bits per heavy atom. The lowest BCUT2D eigenvalue weighted by Crippen LogP contribution is -2.17. The highest BCUT2D eigenvalue weighted by Crippen LogP contribution is 2.34. The molecule has 0 saturated heterocycles. The first-order chi connectivity index (χ1) is 7.65. The summed E-state index contributed by atoms with van der Waals surface area (Å²) in [7, 11) is -0.762. The molecule has 0 spiro atoms. The van der Waals surface area contributed by atoms with Crippen LogP contribution in [0.3, 0.4) is 0 Å². The lowest BCUT2D eigenvalue weighted by molar-refractivity contribution is 0.686. The van der Waals surface area contributed by atoms with Crippen LogP contribution in [0.2, 0.25) is 0 Å². The minimum atomic E-state index is -0.762. The average molecular weight is 237 g/mol. The molecular formula is C13H19NOS. The Bertz CT molecular complexity index is 387. The fourth-order valence-electron chi connectivity index (χ4n) is 1.96. The van der Waals surface area contributed by atoms with Crippen molar-refractivity contribution in [3.63, 3.8) is 0 Å². The first kappa shape index (κ1) is 11.6. The monoisotopic (exact) mass is 237 g/mol. The zero-order chi connectivity index (χ0) is 11.5. The van der Waals surface area contributed by atoms with E-state index in [0.717, 1.165) is 17.2 Å². The molecule has 1 N–H and O–H groups in total. The molecule has 1 fully saturated rings. The molecule has 0 aliphatic heterocycles. The number of nitrogens with one attached hydrogen (secondary N) is 1. The van der Waals surface area contributed by atoms with E-state index in [0.29, 0.717) is 11.8 Å². The summed E-state index contributed by atoms with van der Waals surface area (Å²) in [5.74, 6) is 1.50. The number of hydrogen-bond acceptors (Lipinski definition) is 2. The van der Waals surface area contributed by atoms with Crippen LogP contribution in [0, 0.1) is 5.92 Å². The lowest BCUT2D eigenvalue weighted by Gasteiger charge is -2.14. The second-order valence-electron chi connectivity index (χ2n) is 4.69. The van der Waals surface area contributed by atoms with E-state index >= 15 is 0 Å². The SMILES string of the molecule is CC(Nc1cccc(CS(C)=O)c1)C1CC1. The molecule has 2 atom stereocenters. The van der Waals surface area contributed by atoms with Crippen LogP contribution < -0.4 is 5.32 Å². The van der Waals surface area contributed by atoms with Gasteiger partial charge in [0.05, 0.1) is 0 Å². The van der Waals surface area contributed by atoms with Crippen LogP contribution in [0.1, 0.15) is 25.3 Å². The van der Waals surface area contributed by atoms with Crippen molar-refractivity contribution in [2.24, 2.45) is 5.92 Å². The zero-order valence-corrected chi connectivity index (χ0v) is 10.7. The maximum absolute atomic E-state index is 11.2. The Hall–Kier alpha value is -0.830. The second kappa shape index (κ2) is 5.00. The van der Waals surface area contributed by atoms with E-state index in [9.17, 15) is 4.21 Å². The molecule has 3 heteroatoms. The molecule has 0 aromatic heterocycles. The smallest absolute Gasteiger partial charge is 0.0483 e. The molecule has 1 aromatic carbocycles. The molecular weight excluding hydrogens is 218 g/mol. The Balaban J connectivity index is 2.00. The number of benzene rings is 1. The van der Waals surface area contributed by atoms with Crippen molar-refractivity contribution < 1.29 is 4.21 Å². The van der Waals surface area contributed by atoms with E-state index in [1.54, 1.807) is 6.26 Å². The summed E-state index contributed by atoms with van der Waals surface area (Å²) in [5.41, 5.74) is 2.30. The highest BCUT2D eigenvalue weighted by molar-refractivity contribution is 7.83. The number of hydrogen-bond donors (Lipinski definition) is 1. The van der Waals surface area contributed by atoms with Gasteiger partial charge in [-0.1, -0.05) is 12.1 Å². The van der Waals surface area contributed by atoms with Gasteiger partial charge in [-0.3, -0.25) is 4.21 Å². The lowest BCUT2D eigenvalue weighted by atomic mass is 10.1. The summed E-state index contributed by atoms with van der Waals surface area (Å²) in [6, 6.07) is 8.82. The molecule has 1 saturated carbocycles. The fraction of sp³-hybridized carbons (Fsp3) is 0.538. The van der Waals surface area contributed by atoms with Crippen LogP contribution in [-0.4, -0.2) is 16.5 Å². The average Bonchev–Trinajstić information content (AvgIpc) is 2.99. The largest absolute Gasteiger partial charge is 0.382 e. The fourth-order valence-corrected chi connectivity index (χ4v) is 2.61. The van der Waals surface area contributed by atoms with Crippen molar-refractivity contribution in [1.29, 1.82) is 0 Å². The van der Waals surface area contributed by atoms with Crippen molar-refractivity contribution in [1.82, 2.24) is 0 Å². The molecule has 2 rings (SSSR count). The topological polar surface area (TPSA) is 29.1 Å². The number of anilines is 1. The van der Waals surface area contributed by atoms with Gasteiger partial charge in [-0.05, 0) is 43.4 Å². The van der Waals surface area contributed by atoms with Gasteiger partial charge in [0.25, 0.3) is 0 Å². The zero-order valence-electron chi connectivity index (χ0n) is 9.90. The first-order valence-corrected chi connectivity index (χ1v) is 7.53. The summed E-state index contributed by atoms with van der Waals surface area (Å²) in [4.78, 5) is 0. The molecule has 0 bridgehead atoms. The van der Waals surface area contributed by atoms with Gasteiger partial charge in [0, 0.05) is 34.5 Å². The first-order valence-electron chi connectivity index (χ1n) is 5.80. The molecule has 0 heterocycles. The van der Waals surface area contributed by atoms with Gasteiger partial charge in [0.1, 0.15) is 0 Å². The van der Waals surface area contributed by atoms with Gasteiger partial charge in [-0.15, -0.1) is 0 Å². The summed E-state index contributed by atoms with van der Waals surface area (Å²) in [5, 5.41) is 3.52. The summed E-state index contributed by atoms with van der Waals surface area (Å²) < 4.78 is 11.2. The van der Waals surface area contributed by atoms with Crippen LogP contribution in [-0.2, 0) is 16.6 Å². The van der Waals surface area contributed by atoms with E-state index in [-0.39, 0.29) is 0 Å². The Morgan fingerprint density at radius 1 is 1.50 bits per heavy atom. The van der Waals surface area contributed by atoms with Crippen LogP contribution in [0.4, 0.5) is 5.69 Å². The van der Waals surface area contributed by atoms with E-state index in [1.165, 1.54) is 12.8 Å². The van der Waals surface area contributed by atoms with E-state index in [1.807, 2.05) is 12.1 Å². The molecule has 88 valence electrons. The molecule has 1 aliphatic carbocycles. The summed E-state index contributed by atoms with van der Waals surface area (Å²) in [6.45, 7) is 2.24. The normalized spacial score (nSPS) is 19.1. The Labute approximate surface area is 99.9 Å². The van der Waals surface area contributed by atoms with Crippen molar-refractivity contribution >= 4 is 16.5 Å². The van der Waals surface area contributed by atoms with Crippen molar-refractivity contribution in [2.75, 3.05) is 11.6 Å². The maximum Gasteiger partial charge on any atom is 0.0483 e. The minimum Gasteiger partial charge on any atom is -0.382 e. The Morgan fingerprint density at radius 3 is 2.88 bits per heavy atom. The summed E-state index contributed by atoms with van der Waals surface area (Å²) in [6.07, 6.45) is 4.45. The highest BCUT2D eigenvalue weighted by Gasteiger charge is 2.27. The van der Waals surface area contributed by atoms with Gasteiger partial charge in [0.2, 0.25) is 0 Å². The van der Waals surface area contributed by atoms with Gasteiger partial charge in [-0.2, -0.15) is 0 Å². The van der Waals surface area contributed by atoms with Crippen LogP contribution in [0.25, 0.3) is 0 Å². The third kappa shape index (κ3) is 3.34. The number of rotatable bonds is 5. The van der Waals surface area contributed by atoms with Crippen LogP contribution >= 0.6 is 0 Å². The maximum atomic E-state index is 11.2. The van der Waals surface area contributed by atoms with E-state index in [4.69, 9.17) is 0 Å². The van der Waals surface area contributed by atoms with Crippen molar-refractivity contribution in [2.45, 2.75) is 31.6 Å². The van der Waals surface area contributed by atoms with Crippen LogP contribution in [0.5, 0.6) is 0 Å². The molecule has 1 aromatic rings. The molecule has 2 unspecified atom stereocenters. The van der Waals surface area contributed by atoms with Gasteiger partial charge < -0.3 is 5.32 Å². The molecule has 0 radical (unpaired) electrons. The van der Waals surface area contributed by atoms with Gasteiger partial charge >= 0.3 is 0 Å². The standard InChI is InChI=1S/C13H19NOS/c1-10(12-6-7-12)14-13-5-3-4-11(8-13)9-16(2)15/h3-5,8,10,12,14H,6-7,9H2,1-2H3. The van der Waals surface area contributed by atoms with Crippen molar-refractivity contribution in [3.05, 3.63) is 29.8 Å². The third-order valence-corrected chi connectivity index (χ3v) is 3.76. The molecule has 1 aliphatic rings. The minimum absolute atomic E-state index is 0.558. The quantitative estimate of drug-likeness (QED) is 0.853. The van der Waals surface area contributed by atoms with Crippen molar-refractivity contribution in [3.8, 4) is 0 Å². The third-order valence-electron chi connectivity index (χ3n) is 3.02. The van der Waals surface area contributed by atoms with E-state index in [2.05, 4.69) is 24.4 Å². The molecule has 0 amide bonds. The summed E-state index contributed by atoms with van der Waals surface area (Å²) >= 11 is 0.